The van der Waals surface area contributed by atoms with Gasteiger partial charge in [-0.1, -0.05) is 12.1 Å². The van der Waals surface area contributed by atoms with Gasteiger partial charge in [0.05, 0.1) is 4.92 Å². The first kappa shape index (κ1) is 14.6. The molecule has 0 unspecified atom stereocenters. The van der Waals surface area contributed by atoms with Crippen LogP contribution >= 0.6 is 0 Å². The number of carbonyl (C=O) groups is 1. The smallest absolute Gasteiger partial charge is 0.292 e. The lowest BCUT2D eigenvalue weighted by molar-refractivity contribution is -0.383. The first-order chi connectivity index (χ1) is 11.1. The van der Waals surface area contributed by atoms with Gasteiger partial charge in [0.1, 0.15) is 5.69 Å². The van der Waals surface area contributed by atoms with Gasteiger partial charge in [-0.3, -0.25) is 14.9 Å². The third-order valence-corrected chi connectivity index (χ3v) is 3.23. The van der Waals surface area contributed by atoms with Gasteiger partial charge in [-0.2, -0.15) is 0 Å². The fourth-order valence-electron chi connectivity index (χ4n) is 2.11. The first-order valence-corrected chi connectivity index (χ1v) is 6.75. The third-order valence-electron chi connectivity index (χ3n) is 3.23. The Morgan fingerprint density at radius 3 is 2.78 bits per heavy atom. The molecule has 0 aliphatic carbocycles. The fraction of sp³-hybridized carbons (Fsp3) is 0.0625. The number of rotatable bonds is 5. The van der Waals surface area contributed by atoms with Crippen LogP contribution in [0, 0.1) is 10.1 Å². The lowest BCUT2D eigenvalue weighted by atomic mass is 10.1. The molecule has 116 valence electrons. The minimum atomic E-state index is -0.490. The molecule has 0 spiro atoms. The van der Waals surface area contributed by atoms with Gasteiger partial charge >= 0.3 is 0 Å². The van der Waals surface area contributed by atoms with Gasteiger partial charge in [0.2, 0.25) is 6.79 Å². The number of carbonyl (C=O) groups excluding carboxylic acids is 1. The standard InChI is InChI=1S/C16H12N2O5/c19-14(11-5-6-15-16(9-11)23-10-22-15)7-8-17-12-3-1-2-4-13(12)18(20)21/h1-9,17H,10H2. The molecule has 0 aromatic heterocycles. The van der Waals surface area contributed by atoms with Crippen LogP contribution < -0.4 is 14.8 Å². The second-order valence-electron chi connectivity index (χ2n) is 4.68. The molecule has 23 heavy (non-hydrogen) atoms. The average Bonchev–Trinajstić information content (AvgIpc) is 3.02. The normalized spacial score (nSPS) is 12.3. The van der Waals surface area contributed by atoms with E-state index < -0.39 is 4.92 Å². The maximum atomic E-state index is 12.1. The van der Waals surface area contributed by atoms with E-state index in [9.17, 15) is 14.9 Å². The van der Waals surface area contributed by atoms with Crippen LogP contribution in [0.2, 0.25) is 0 Å². The molecule has 1 aliphatic heterocycles. The van der Waals surface area contributed by atoms with E-state index in [1.165, 1.54) is 18.3 Å². The van der Waals surface area contributed by atoms with Gasteiger partial charge in [-0.25, -0.2) is 0 Å². The van der Waals surface area contributed by atoms with Crippen molar-refractivity contribution in [1.29, 1.82) is 0 Å². The number of nitro groups is 1. The molecule has 7 heteroatoms. The summed E-state index contributed by atoms with van der Waals surface area (Å²) in [5.74, 6) is 0.869. The Kier molecular flexibility index (Phi) is 3.92. The fourth-order valence-corrected chi connectivity index (χ4v) is 2.11. The summed E-state index contributed by atoms with van der Waals surface area (Å²) >= 11 is 0. The molecule has 0 bridgehead atoms. The topological polar surface area (TPSA) is 90.7 Å². The zero-order valence-corrected chi connectivity index (χ0v) is 11.9. The predicted octanol–water partition coefficient (Wildman–Crippen LogP) is 3.13. The summed E-state index contributed by atoms with van der Waals surface area (Å²) in [6.45, 7) is 0.141. The van der Waals surface area contributed by atoms with E-state index in [2.05, 4.69) is 5.32 Å². The number of para-hydroxylation sites is 2. The molecule has 0 atom stereocenters. The Labute approximate surface area is 131 Å². The second-order valence-corrected chi connectivity index (χ2v) is 4.68. The number of fused-ring (bicyclic) bond motifs is 1. The van der Waals surface area contributed by atoms with Crippen molar-refractivity contribution in [2.24, 2.45) is 0 Å². The van der Waals surface area contributed by atoms with E-state index in [-0.39, 0.29) is 18.3 Å². The number of allylic oxidation sites excluding steroid dienone is 1. The average molecular weight is 312 g/mol. The molecule has 1 heterocycles. The van der Waals surface area contributed by atoms with Gasteiger partial charge in [-0.15, -0.1) is 0 Å². The Bertz CT molecular complexity index is 801. The van der Waals surface area contributed by atoms with Gasteiger partial charge < -0.3 is 14.8 Å². The van der Waals surface area contributed by atoms with Crippen molar-refractivity contribution >= 4 is 17.2 Å². The van der Waals surface area contributed by atoms with Gasteiger partial charge in [0.25, 0.3) is 5.69 Å². The molecule has 0 saturated heterocycles. The Balaban J connectivity index is 1.71. The Hall–Kier alpha value is -3.35. The second kappa shape index (κ2) is 6.18. The zero-order valence-electron chi connectivity index (χ0n) is 11.9. The maximum absolute atomic E-state index is 12.1. The zero-order chi connectivity index (χ0) is 16.2. The van der Waals surface area contributed by atoms with Gasteiger partial charge in [-0.05, 0) is 24.3 Å². The van der Waals surface area contributed by atoms with Crippen LogP contribution in [0.4, 0.5) is 11.4 Å². The quantitative estimate of drug-likeness (QED) is 0.395. The van der Waals surface area contributed by atoms with E-state index in [1.54, 1.807) is 36.4 Å². The van der Waals surface area contributed by atoms with Crippen LogP contribution in [0.15, 0.2) is 54.7 Å². The molecule has 0 fully saturated rings. The van der Waals surface area contributed by atoms with Gasteiger partial charge in [0.15, 0.2) is 17.3 Å². The van der Waals surface area contributed by atoms with Crippen molar-refractivity contribution in [1.82, 2.24) is 0 Å². The van der Waals surface area contributed by atoms with Crippen LogP contribution in [0.25, 0.3) is 0 Å². The van der Waals surface area contributed by atoms with Crippen molar-refractivity contribution in [3.63, 3.8) is 0 Å². The molecule has 2 aromatic carbocycles. The molecular weight excluding hydrogens is 300 g/mol. The monoisotopic (exact) mass is 312 g/mol. The van der Waals surface area contributed by atoms with Crippen LogP contribution in [-0.2, 0) is 0 Å². The summed E-state index contributed by atoms with van der Waals surface area (Å²) < 4.78 is 10.4. The summed E-state index contributed by atoms with van der Waals surface area (Å²) in [6.07, 6.45) is 2.67. The predicted molar refractivity (Wildman–Crippen MR) is 82.8 cm³/mol. The summed E-state index contributed by atoms with van der Waals surface area (Å²) in [4.78, 5) is 22.5. The van der Waals surface area contributed by atoms with Crippen LogP contribution in [0.5, 0.6) is 11.5 Å². The summed E-state index contributed by atoms with van der Waals surface area (Å²) in [5.41, 5.74) is 0.690. The molecule has 1 aliphatic rings. The van der Waals surface area contributed by atoms with E-state index in [4.69, 9.17) is 9.47 Å². The van der Waals surface area contributed by atoms with E-state index >= 15 is 0 Å². The van der Waals surface area contributed by atoms with E-state index in [1.807, 2.05) is 0 Å². The third kappa shape index (κ3) is 3.13. The molecule has 3 rings (SSSR count). The van der Waals surface area contributed by atoms with Crippen molar-refractivity contribution in [2.75, 3.05) is 12.1 Å². The highest BCUT2D eigenvalue weighted by molar-refractivity contribution is 6.05. The van der Waals surface area contributed by atoms with E-state index in [0.717, 1.165) is 0 Å². The van der Waals surface area contributed by atoms with Crippen LogP contribution in [-0.4, -0.2) is 17.5 Å². The highest BCUT2D eigenvalue weighted by atomic mass is 16.7. The number of ketones is 1. The molecule has 0 saturated carbocycles. The minimum absolute atomic E-state index is 0.0623. The van der Waals surface area contributed by atoms with Crippen molar-refractivity contribution in [2.45, 2.75) is 0 Å². The molecule has 0 amide bonds. The van der Waals surface area contributed by atoms with Crippen molar-refractivity contribution in [3.05, 3.63) is 70.4 Å². The lowest BCUT2D eigenvalue weighted by Crippen LogP contribution is -1.98. The Morgan fingerprint density at radius 1 is 1.17 bits per heavy atom. The van der Waals surface area contributed by atoms with Gasteiger partial charge in [0, 0.05) is 23.9 Å². The Morgan fingerprint density at radius 2 is 1.96 bits per heavy atom. The van der Waals surface area contributed by atoms with Crippen molar-refractivity contribution < 1.29 is 19.2 Å². The maximum Gasteiger partial charge on any atom is 0.292 e. The molecule has 7 nitrogen and oxygen atoms in total. The number of benzene rings is 2. The van der Waals surface area contributed by atoms with Crippen LogP contribution in [0.3, 0.4) is 0 Å². The summed E-state index contributed by atoms with van der Waals surface area (Å²) in [5, 5.41) is 13.6. The van der Waals surface area contributed by atoms with E-state index in [0.29, 0.717) is 22.7 Å². The minimum Gasteiger partial charge on any atom is -0.454 e. The number of hydrogen-bond acceptors (Lipinski definition) is 6. The van der Waals surface area contributed by atoms with Crippen molar-refractivity contribution in [3.8, 4) is 11.5 Å². The number of nitrogens with one attached hydrogen (secondary N) is 1. The molecule has 0 radical (unpaired) electrons. The largest absolute Gasteiger partial charge is 0.454 e. The summed E-state index contributed by atoms with van der Waals surface area (Å²) in [7, 11) is 0. The molecule has 1 N–H and O–H groups in total. The summed E-state index contributed by atoms with van der Waals surface area (Å²) in [6, 6.07) is 11.1. The highest BCUT2D eigenvalue weighted by Gasteiger charge is 2.15. The lowest BCUT2D eigenvalue weighted by Gasteiger charge is -2.02. The SMILES string of the molecule is O=C(C=CNc1ccccc1[N+](=O)[O-])c1ccc2c(c1)OCO2. The number of anilines is 1. The van der Waals surface area contributed by atoms with Crippen LogP contribution in [0.1, 0.15) is 10.4 Å². The number of nitrogens with zero attached hydrogens (tertiary/aromatic N) is 1. The molecule has 2 aromatic rings. The number of hydrogen-bond donors (Lipinski definition) is 1. The molecular formula is C16H12N2O5. The highest BCUT2D eigenvalue weighted by Crippen LogP contribution is 2.32. The number of nitro benzene ring substituents is 1. The number of ether oxygens (including phenoxy) is 2. The first-order valence-electron chi connectivity index (χ1n) is 6.75.